The fraction of sp³-hybridized carbons (Fsp3) is 0.429. The zero-order valence-electron chi connectivity index (χ0n) is 11.0. The average molecular weight is 311 g/mol. The van der Waals surface area contributed by atoms with Gasteiger partial charge in [-0.25, -0.2) is 4.79 Å². The van der Waals surface area contributed by atoms with Crippen LogP contribution in [0.2, 0.25) is 0 Å². The lowest BCUT2D eigenvalue weighted by Gasteiger charge is -2.20. The van der Waals surface area contributed by atoms with Gasteiger partial charge in [0.15, 0.2) is 0 Å². The minimum Gasteiger partial charge on any atom is -0.480 e. The Morgan fingerprint density at radius 1 is 1.35 bits per heavy atom. The van der Waals surface area contributed by atoms with Crippen LogP contribution in [0.1, 0.15) is 5.56 Å². The molecule has 0 spiro atoms. The van der Waals surface area contributed by atoms with Crippen LogP contribution < -0.4 is 0 Å². The summed E-state index contributed by atoms with van der Waals surface area (Å²) in [6.07, 6.45) is 0.926. The third-order valence-electron chi connectivity index (χ3n) is 3.09. The third kappa shape index (κ3) is 4.18. The molecule has 4 nitrogen and oxygen atoms in total. The van der Waals surface area contributed by atoms with Crippen molar-refractivity contribution in [2.75, 3.05) is 23.1 Å². The number of carbonyl (C=O) groups is 2. The molecule has 20 heavy (non-hydrogen) atoms. The Kier molecular flexibility index (Phi) is 5.79. The number of hydrogen-bond donors (Lipinski definition) is 1. The summed E-state index contributed by atoms with van der Waals surface area (Å²) < 4.78 is 0. The van der Waals surface area contributed by atoms with Crippen molar-refractivity contribution in [2.24, 2.45) is 0 Å². The van der Waals surface area contributed by atoms with Crippen molar-refractivity contribution < 1.29 is 14.7 Å². The van der Waals surface area contributed by atoms with Crippen molar-refractivity contribution >= 4 is 35.4 Å². The Hall–Kier alpha value is -1.14. The van der Waals surface area contributed by atoms with Crippen LogP contribution in [0, 0.1) is 0 Å². The minimum atomic E-state index is -0.905. The number of aryl methyl sites for hydroxylation is 1. The highest BCUT2D eigenvalue weighted by Gasteiger charge is 2.34. The molecule has 1 aliphatic rings. The van der Waals surface area contributed by atoms with Crippen LogP contribution in [0.4, 0.5) is 0 Å². The molecule has 108 valence electrons. The van der Waals surface area contributed by atoms with E-state index in [1.807, 2.05) is 18.2 Å². The molecule has 1 aromatic rings. The number of thioether (sulfide) groups is 2. The summed E-state index contributed by atoms with van der Waals surface area (Å²) in [6.45, 7) is 0. The number of carboxylic acid groups (broad SMARTS) is 1. The number of rotatable bonds is 6. The lowest BCUT2D eigenvalue weighted by molar-refractivity contribution is -0.146. The number of amides is 1. The Bertz CT molecular complexity index is 467. The molecule has 1 aliphatic heterocycles. The number of carboxylic acids is 1. The van der Waals surface area contributed by atoms with E-state index >= 15 is 0 Å². The Balaban J connectivity index is 1.71. The van der Waals surface area contributed by atoms with Gasteiger partial charge in [0.2, 0.25) is 5.91 Å². The highest BCUT2D eigenvalue weighted by atomic mass is 32.2. The van der Waals surface area contributed by atoms with Crippen LogP contribution in [0.25, 0.3) is 0 Å². The molecule has 0 radical (unpaired) electrons. The number of carbonyl (C=O) groups excluding carboxylic acids is 1. The minimum absolute atomic E-state index is 0.0690. The van der Waals surface area contributed by atoms with Crippen LogP contribution in [-0.2, 0) is 16.0 Å². The monoisotopic (exact) mass is 311 g/mol. The molecule has 6 heteroatoms. The van der Waals surface area contributed by atoms with Gasteiger partial charge in [-0.1, -0.05) is 30.3 Å². The van der Waals surface area contributed by atoms with Gasteiger partial charge in [0, 0.05) is 5.75 Å². The summed E-state index contributed by atoms with van der Waals surface area (Å²) in [4.78, 5) is 24.5. The second kappa shape index (κ2) is 7.59. The first kappa shape index (κ1) is 15.3. The number of hydrogen-bond acceptors (Lipinski definition) is 4. The molecule has 0 aliphatic carbocycles. The summed E-state index contributed by atoms with van der Waals surface area (Å²) in [7, 11) is 0. The SMILES string of the molecule is O=C(O)C1CSCN1C(=O)CSCCc1ccccc1. The zero-order valence-corrected chi connectivity index (χ0v) is 12.7. The summed E-state index contributed by atoms with van der Waals surface area (Å²) in [5.74, 6) is 1.24. The van der Waals surface area contributed by atoms with Crippen molar-refractivity contribution in [3.63, 3.8) is 0 Å². The lowest BCUT2D eigenvalue weighted by atomic mass is 10.2. The number of benzene rings is 1. The largest absolute Gasteiger partial charge is 0.480 e. The van der Waals surface area contributed by atoms with E-state index in [1.165, 1.54) is 22.2 Å². The highest BCUT2D eigenvalue weighted by Crippen LogP contribution is 2.22. The maximum Gasteiger partial charge on any atom is 0.327 e. The van der Waals surface area contributed by atoms with Crippen molar-refractivity contribution in [2.45, 2.75) is 12.5 Å². The quantitative estimate of drug-likeness (QED) is 0.814. The molecule has 0 saturated carbocycles. The van der Waals surface area contributed by atoms with Gasteiger partial charge in [0.1, 0.15) is 6.04 Å². The van der Waals surface area contributed by atoms with Gasteiger partial charge in [0.25, 0.3) is 0 Å². The van der Waals surface area contributed by atoms with E-state index in [9.17, 15) is 9.59 Å². The van der Waals surface area contributed by atoms with E-state index in [0.29, 0.717) is 17.4 Å². The van der Waals surface area contributed by atoms with Crippen molar-refractivity contribution in [3.05, 3.63) is 35.9 Å². The van der Waals surface area contributed by atoms with Crippen LogP contribution >= 0.6 is 23.5 Å². The van der Waals surface area contributed by atoms with E-state index in [0.717, 1.165) is 12.2 Å². The van der Waals surface area contributed by atoms with E-state index in [1.54, 1.807) is 11.8 Å². The normalized spacial score (nSPS) is 18.2. The zero-order chi connectivity index (χ0) is 14.4. The topological polar surface area (TPSA) is 57.6 Å². The van der Waals surface area contributed by atoms with Gasteiger partial charge in [-0.2, -0.15) is 11.8 Å². The van der Waals surface area contributed by atoms with Crippen LogP contribution in [0.3, 0.4) is 0 Å². The van der Waals surface area contributed by atoms with Crippen LogP contribution in [-0.4, -0.2) is 51.1 Å². The van der Waals surface area contributed by atoms with E-state index in [4.69, 9.17) is 5.11 Å². The molecular weight excluding hydrogens is 294 g/mol. The molecule has 1 amide bonds. The summed E-state index contributed by atoms with van der Waals surface area (Å²) in [5.41, 5.74) is 1.26. The Morgan fingerprint density at radius 2 is 2.10 bits per heavy atom. The molecule has 0 bridgehead atoms. The standard InChI is InChI=1S/C14H17NO3S2/c16-13(15-10-20-8-12(15)14(17)18)9-19-7-6-11-4-2-1-3-5-11/h1-5,12H,6-10H2,(H,17,18). The Morgan fingerprint density at radius 3 is 2.80 bits per heavy atom. The first-order valence-corrected chi connectivity index (χ1v) is 8.71. The Labute approximate surface area is 126 Å². The first-order valence-electron chi connectivity index (χ1n) is 6.40. The third-order valence-corrected chi connectivity index (χ3v) is 5.05. The van der Waals surface area contributed by atoms with Gasteiger partial charge in [-0.15, -0.1) is 11.8 Å². The van der Waals surface area contributed by atoms with Crippen molar-refractivity contribution in [1.29, 1.82) is 0 Å². The fourth-order valence-electron chi connectivity index (χ4n) is 1.97. The average Bonchev–Trinajstić information content (AvgIpc) is 2.94. The second-order valence-electron chi connectivity index (χ2n) is 4.51. The molecule has 1 saturated heterocycles. The molecule has 1 atom stereocenters. The predicted octanol–water partition coefficient (Wildman–Crippen LogP) is 1.95. The van der Waals surface area contributed by atoms with E-state index in [2.05, 4.69) is 12.1 Å². The van der Waals surface area contributed by atoms with Gasteiger partial charge >= 0.3 is 5.97 Å². The molecule has 2 rings (SSSR count). The smallest absolute Gasteiger partial charge is 0.327 e. The summed E-state index contributed by atoms with van der Waals surface area (Å²) in [5, 5.41) is 9.04. The second-order valence-corrected chi connectivity index (χ2v) is 6.61. The fourth-order valence-corrected chi connectivity index (χ4v) is 4.01. The first-order chi connectivity index (χ1) is 9.68. The van der Waals surface area contributed by atoms with Gasteiger partial charge in [-0.05, 0) is 17.7 Å². The predicted molar refractivity (Wildman–Crippen MR) is 83.1 cm³/mol. The molecule has 0 aromatic heterocycles. The van der Waals surface area contributed by atoms with Gasteiger partial charge in [0.05, 0.1) is 11.6 Å². The molecule has 1 heterocycles. The van der Waals surface area contributed by atoms with E-state index in [-0.39, 0.29) is 5.91 Å². The van der Waals surface area contributed by atoms with Crippen LogP contribution in [0.15, 0.2) is 30.3 Å². The highest BCUT2D eigenvalue weighted by molar-refractivity contribution is 8.00. The summed E-state index contributed by atoms with van der Waals surface area (Å²) >= 11 is 3.06. The molecule has 1 unspecified atom stereocenters. The van der Waals surface area contributed by atoms with E-state index < -0.39 is 12.0 Å². The number of nitrogens with zero attached hydrogens (tertiary/aromatic N) is 1. The summed E-state index contributed by atoms with van der Waals surface area (Å²) in [6, 6.07) is 9.48. The maximum absolute atomic E-state index is 12.0. The maximum atomic E-state index is 12.0. The molecule has 1 N–H and O–H groups in total. The van der Waals surface area contributed by atoms with Crippen molar-refractivity contribution in [3.8, 4) is 0 Å². The van der Waals surface area contributed by atoms with Crippen molar-refractivity contribution in [1.82, 2.24) is 4.90 Å². The molecule has 1 fully saturated rings. The van der Waals surface area contributed by atoms with Crippen LogP contribution in [0.5, 0.6) is 0 Å². The molecular formula is C14H17NO3S2. The van der Waals surface area contributed by atoms with Gasteiger partial charge < -0.3 is 10.0 Å². The molecule has 1 aromatic carbocycles. The number of aliphatic carboxylic acids is 1. The van der Waals surface area contributed by atoms with Gasteiger partial charge in [-0.3, -0.25) is 4.79 Å². The lowest BCUT2D eigenvalue weighted by Crippen LogP contribution is -2.42.